The van der Waals surface area contributed by atoms with E-state index in [0.29, 0.717) is 24.2 Å². The average molecular weight is 270 g/mol. The van der Waals surface area contributed by atoms with Crippen molar-refractivity contribution in [2.45, 2.75) is 12.8 Å². The number of para-hydroxylation sites is 1. The molecule has 20 heavy (non-hydrogen) atoms. The molecule has 0 bridgehead atoms. The fourth-order valence-electron chi connectivity index (χ4n) is 2.45. The molecule has 1 aliphatic heterocycles. The quantitative estimate of drug-likeness (QED) is 0.614. The molecule has 0 saturated heterocycles. The Morgan fingerprint density at radius 3 is 3.00 bits per heavy atom. The van der Waals surface area contributed by atoms with Crippen molar-refractivity contribution in [1.29, 1.82) is 0 Å². The first-order valence-corrected chi connectivity index (χ1v) is 6.42. The molecule has 0 aliphatic carbocycles. The van der Waals surface area contributed by atoms with Crippen molar-refractivity contribution in [2.75, 3.05) is 11.4 Å². The Morgan fingerprint density at radius 1 is 1.40 bits per heavy atom. The topological polar surface area (TPSA) is 81.6 Å². The first-order chi connectivity index (χ1) is 9.81. The third-order valence-corrected chi connectivity index (χ3v) is 3.41. The van der Waals surface area contributed by atoms with Gasteiger partial charge in [-0.2, -0.15) is 5.10 Å². The predicted octanol–water partition coefficient (Wildman–Crippen LogP) is 2.03. The number of carbonyl (C=O) groups is 1. The minimum Gasteiger partial charge on any atom is -0.411 e. The molecule has 0 spiro atoms. The second-order valence-corrected chi connectivity index (χ2v) is 4.61. The van der Waals surface area contributed by atoms with Gasteiger partial charge in [-0.05, 0) is 18.9 Å². The zero-order chi connectivity index (χ0) is 13.9. The third-order valence-electron chi connectivity index (χ3n) is 3.41. The van der Waals surface area contributed by atoms with Crippen molar-refractivity contribution >= 4 is 17.3 Å². The summed E-state index contributed by atoms with van der Waals surface area (Å²) < 4.78 is 0. The lowest BCUT2D eigenvalue weighted by molar-refractivity contribution is 0.0987. The molecule has 0 radical (unpaired) electrons. The standard InChI is InChI=1S/C14H14N4O2/c19-14(10-8-15-16-9-10)18-7-3-5-12(17-20)11-4-1-2-6-13(11)18/h1-2,4,6,8-9,20H,3,5,7H2,(H,15,16)/b17-12-. The van der Waals surface area contributed by atoms with Crippen LogP contribution in [0.5, 0.6) is 0 Å². The minimum absolute atomic E-state index is 0.106. The molecule has 0 atom stereocenters. The molecule has 2 N–H and O–H groups in total. The van der Waals surface area contributed by atoms with E-state index in [-0.39, 0.29) is 5.91 Å². The van der Waals surface area contributed by atoms with Crippen LogP contribution in [0.3, 0.4) is 0 Å². The number of aromatic nitrogens is 2. The number of benzene rings is 1. The van der Waals surface area contributed by atoms with E-state index in [2.05, 4.69) is 15.4 Å². The van der Waals surface area contributed by atoms with E-state index in [1.165, 1.54) is 6.20 Å². The number of hydrogen-bond donors (Lipinski definition) is 2. The second-order valence-electron chi connectivity index (χ2n) is 4.61. The summed E-state index contributed by atoms with van der Waals surface area (Å²) in [6.45, 7) is 0.583. The molecule has 102 valence electrons. The maximum absolute atomic E-state index is 12.5. The highest BCUT2D eigenvalue weighted by atomic mass is 16.4. The molecule has 1 aromatic carbocycles. The van der Waals surface area contributed by atoms with Crippen LogP contribution in [0.15, 0.2) is 41.8 Å². The summed E-state index contributed by atoms with van der Waals surface area (Å²) in [5.74, 6) is -0.106. The van der Waals surface area contributed by atoms with Gasteiger partial charge in [0.1, 0.15) is 0 Å². The van der Waals surface area contributed by atoms with Gasteiger partial charge in [-0.25, -0.2) is 0 Å². The molecule has 1 aliphatic rings. The van der Waals surface area contributed by atoms with Crippen molar-refractivity contribution in [3.8, 4) is 0 Å². The molecular weight excluding hydrogens is 256 g/mol. The van der Waals surface area contributed by atoms with E-state index in [1.54, 1.807) is 11.1 Å². The highest BCUT2D eigenvalue weighted by molar-refractivity contribution is 6.12. The molecule has 2 heterocycles. The van der Waals surface area contributed by atoms with Crippen LogP contribution in [0.25, 0.3) is 0 Å². The lowest BCUT2D eigenvalue weighted by atomic mass is 10.1. The molecule has 6 nitrogen and oxygen atoms in total. The summed E-state index contributed by atoms with van der Waals surface area (Å²) in [6.07, 6.45) is 4.48. The molecule has 0 fully saturated rings. The summed E-state index contributed by atoms with van der Waals surface area (Å²) in [7, 11) is 0. The number of carbonyl (C=O) groups excluding carboxylic acids is 1. The monoisotopic (exact) mass is 270 g/mol. The van der Waals surface area contributed by atoms with Gasteiger partial charge in [0.15, 0.2) is 0 Å². The Morgan fingerprint density at radius 2 is 2.25 bits per heavy atom. The van der Waals surface area contributed by atoms with Crippen LogP contribution in [-0.2, 0) is 0 Å². The van der Waals surface area contributed by atoms with Crippen LogP contribution in [0.4, 0.5) is 5.69 Å². The highest BCUT2D eigenvalue weighted by Gasteiger charge is 2.25. The van der Waals surface area contributed by atoms with E-state index < -0.39 is 0 Å². The van der Waals surface area contributed by atoms with Crippen LogP contribution >= 0.6 is 0 Å². The lowest BCUT2D eigenvalue weighted by Gasteiger charge is -2.21. The van der Waals surface area contributed by atoms with Crippen molar-refractivity contribution in [3.05, 3.63) is 47.8 Å². The molecule has 1 amide bonds. The summed E-state index contributed by atoms with van der Waals surface area (Å²) in [4.78, 5) is 14.2. The van der Waals surface area contributed by atoms with Crippen LogP contribution in [0.1, 0.15) is 28.8 Å². The number of rotatable bonds is 1. The van der Waals surface area contributed by atoms with E-state index in [9.17, 15) is 4.79 Å². The number of oxime groups is 1. The average Bonchev–Trinajstić information content (AvgIpc) is 2.95. The Hall–Kier alpha value is -2.63. The summed E-state index contributed by atoms with van der Waals surface area (Å²) in [5, 5.41) is 19.0. The van der Waals surface area contributed by atoms with Crippen molar-refractivity contribution in [3.63, 3.8) is 0 Å². The summed E-state index contributed by atoms with van der Waals surface area (Å²) in [5.41, 5.74) is 2.70. The number of nitrogens with zero attached hydrogens (tertiary/aromatic N) is 3. The number of H-pyrrole nitrogens is 1. The van der Waals surface area contributed by atoms with E-state index in [0.717, 1.165) is 17.7 Å². The largest absolute Gasteiger partial charge is 0.411 e. The zero-order valence-corrected chi connectivity index (χ0v) is 10.8. The zero-order valence-electron chi connectivity index (χ0n) is 10.8. The number of amides is 1. The lowest BCUT2D eigenvalue weighted by Crippen LogP contribution is -2.31. The van der Waals surface area contributed by atoms with Gasteiger partial charge in [-0.1, -0.05) is 23.4 Å². The van der Waals surface area contributed by atoms with Gasteiger partial charge in [-0.3, -0.25) is 9.89 Å². The Bertz CT molecular complexity index is 649. The number of anilines is 1. The highest BCUT2D eigenvalue weighted by Crippen LogP contribution is 2.27. The molecule has 1 aromatic heterocycles. The second kappa shape index (κ2) is 5.16. The van der Waals surface area contributed by atoms with E-state index in [1.807, 2.05) is 24.3 Å². The van der Waals surface area contributed by atoms with Crippen LogP contribution < -0.4 is 4.90 Å². The molecule has 6 heteroatoms. The van der Waals surface area contributed by atoms with Crippen LogP contribution in [0.2, 0.25) is 0 Å². The minimum atomic E-state index is -0.106. The summed E-state index contributed by atoms with van der Waals surface area (Å²) >= 11 is 0. The molecular formula is C14H14N4O2. The smallest absolute Gasteiger partial charge is 0.261 e. The Labute approximate surface area is 115 Å². The third kappa shape index (κ3) is 2.05. The van der Waals surface area contributed by atoms with Gasteiger partial charge in [0, 0.05) is 18.3 Å². The van der Waals surface area contributed by atoms with Gasteiger partial charge >= 0.3 is 0 Å². The van der Waals surface area contributed by atoms with Crippen LogP contribution in [-0.4, -0.2) is 33.6 Å². The first-order valence-electron chi connectivity index (χ1n) is 6.42. The number of aromatic amines is 1. The molecule has 0 unspecified atom stereocenters. The van der Waals surface area contributed by atoms with E-state index in [4.69, 9.17) is 5.21 Å². The van der Waals surface area contributed by atoms with Crippen molar-refractivity contribution in [1.82, 2.24) is 10.2 Å². The SMILES string of the molecule is O=C(c1cn[nH]c1)N1CCC/C(=N/O)c2ccccc21. The predicted molar refractivity (Wildman–Crippen MR) is 74.3 cm³/mol. The van der Waals surface area contributed by atoms with Gasteiger partial charge in [0.05, 0.1) is 23.2 Å². The normalized spacial score (nSPS) is 16.8. The fourth-order valence-corrected chi connectivity index (χ4v) is 2.45. The number of hydrogen-bond acceptors (Lipinski definition) is 4. The van der Waals surface area contributed by atoms with Gasteiger partial charge in [0.25, 0.3) is 5.91 Å². The Kier molecular flexibility index (Phi) is 3.20. The maximum atomic E-state index is 12.5. The first kappa shape index (κ1) is 12.4. The van der Waals surface area contributed by atoms with Crippen molar-refractivity contribution in [2.24, 2.45) is 5.16 Å². The van der Waals surface area contributed by atoms with Gasteiger partial charge < -0.3 is 10.1 Å². The number of nitrogens with one attached hydrogen (secondary N) is 1. The fraction of sp³-hybridized carbons (Fsp3) is 0.214. The molecule has 3 rings (SSSR count). The molecule has 2 aromatic rings. The molecule has 0 saturated carbocycles. The van der Waals surface area contributed by atoms with Crippen LogP contribution in [0, 0.1) is 0 Å². The van der Waals surface area contributed by atoms with Gasteiger partial charge in [-0.15, -0.1) is 0 Å². The number of fused-ring (bicyclic) bond motifs is 1. The summed E-state index contributed by atoms with van der Waals surface area (Å²) in [6, 6.07) is 7.47. The van der Waals surface area contributed by atoms with E-state index >= 15 is 0 Å². The Balaban J connectivity index is 2.06. The van der Waals surface area contributed by atoms with Gasteiger partial charge in [0.2, 0.25) is 0 Å². The van der Waals surface area contributed by atoms with Crippen molar-refractivity contribution < 1.29 is 10.0 Å². The maximum Gasteiger partial charge on any atom is 0.261 e.